The van der Waals surface area contributed by atoms with Crippen LogP contribution in [0.4, 0.5) is 0 Å². The van der Waals surface area contributed by atoms with E-state index < -0.39 is 0 Å². The number of likely N-dealkylation sites (tertiary alicyclic amines) is 2. The Hall–Kier alpha value is -1.39. The third-order valence-electron chi connectivity index (χ3n) is 5.55. The van der Waals surface area contributed by atoms with Crippen molar-refractivity contribution in [2.75, 3.05) is 26.2 Å². The molecule has 2 aliphatic rings. The predicted molar refractivity (Wildman–Crippen MR) is 94.5 cm³/mol. The van der Waals surface area contributed by atoms with Crippen LogP contribution in [0.3, 0.4) is 0 Å². The molecule has 1 aromatic carbocycles. The third-order valence-corrected chi connectivity index (χ3v) is 5.55. The molecular formula is C19H28N4. The minimum Gasteiger partial charge on any atom is -0.327 e. The average Bonchev–Trinajstić information content (AvgIpc) is 3.22. The van der Waals surface area contributed by atoms with Crippen LogP contribution in [0, 0.1) is 0 Å². The van der Waals surface area contributed by atoms with Gasteiger partial charge < -0.3 is 4.57 Å². The third kappa shape index (κ3) is 3.02. The summed E-state index contributed by atoms with van der Waals surface area (Å²) in [6, 6.07) is 9.30. The lowest BCUT2D eigenvalue weighted by Gasteiger charge is -2.37. The van der Waals surface area contributed by atoms with Crippen molar-refractivity contribution in [3.63, 3.8) is 0 Å². The molecule has 1 aromatic heterocycles. The summed E-state index contributed by atoms with van der Waals surface area (Å²) in [7, 11) is 0. The molecule has 0 amide bonds. The number of para-hydroxylation sites is 2. The molecule has 2 saturated heterocycles. The quantitative estimate of drug-likeness (QED) is 0.867. The minimum atomic E-state index is 0.769. The van der Waals surface area contributed by atoms with E-state index in [9.17, 15) is 0 Å². The van der Waals surface area contributed by atoms with E-state index in [1.165, 1.54) is 63.2 Å². The molecule has 2 aromatic rings. The second-order valence-electron chi connectivity index (χ2n) is 7.04. The predicted octanol–water partition coefficient (Wildman–Crippen LogP) is 3.12. The highest BCUT2D eigenvalue weighted by molar-refractivity contribution is 5.75. The van der Waals surface area contributed by atoms with Gasteiger partial charge in [0.1, 0.15) is 5.82 Å². The maximum atomic E-state index is 4.91. The number of fused-ring (bicyclic) bond motifs is 1. The van der Waals surface area contributed by atoms with Gasteiger partial charge in [0.2, 0.25) is 0 Å². The summed E-state index contributed by atoms with van der Waals surface area (Å²) in [6.45, 7) is 9.27. The normalized spacial score (nSPS) is 23.8. The Bertz CT molecular complexity index is 656. The Morgan fingerprint density at radius 3 is 2.74 bits per heavy atom. The molecule has 1 atom stereocenters. The number of aryl methyl sites for hydroxylation is 1. The van der Waals surface area contributed by atoms with Crippen LogP contribution < -0.4 is 0 Å². The number of aromatic nitrogens is 2. The van der Waals surface area contributed by atoms with Crippen LogP contribution in [-0.2, 0) is 13.1 Å². The van der Waals surface area contributed by atoms with Crippen molar-refractivity contribution in [3.8, 4) is 0 Å². The topological polar surface area (TPSA) is 24.3 Å². The van der Waals surface area contributed by atoms with E-state index in [0.717, 1.165) is 24.6 Å². The standard InChI is InChI=1S/C19H28N4/c1-2-23-18-10-4-3-9-17(18)20-19(23)15-21-11-7-8-16(14-21)22-12-5-6-13-22/h3-4,9-10,16H,2,5-8,11-15H2,1H3. The van der Waals surface area contributed by atoms with Crippen molar-refractivity contribution in [2.45, 2.75) is 51.7 Å². The molecule has 4 nitrogen and oxygen atoms in total. The van der Waals surface area contributed by atoms with Crippen LogP contribution in [0.5, 0.6) is 0 Å². The molecule has 124 valence electrons. The monoisotopic (exact) mass is 312 g/mol. The van der Waals surface area contributed by atoms with Crippen LogP contribution >= 0.6 is 0 Å². The van der Waals surface area contributed by atoms with Gasteiger partial charge in [-0.2, -0.15) is 0 Å². The van der Waals surface area contributed by atoms with E-state index in [1.807, 2.05) is 0 Å². The van der Waals surface area contributed by atoms with Gasteiger partial charge in [-0.25, -0.2) is 4.98 Å². The minimum absolute atomic E-state index is 0.769. The fraction of sp³-hybridized carbons (Fsp3) is 0.632. The molecule has 4 rings (SSSR count). The molecule has 3 heterocycles. The van der Waals surface area contributed by atoms with Crippen LogP contribution in [0.15, 0.2) is 24.3 Å². The van der Waals surface area contributed by atoms with E-state index in [0.29, 0.717) is 0 Å². The number of rotatable bonds is 4. The Balaban J connectivity index is 1.51. The Morgan fingerprint density at radius 2 is 1.91 bits per heavy atom. The van der Waals surface area contributed by atoms with E-state index >= 15 is 0 Å². The molecule has 23 heavy (non-hydrogen) atoms. The second-order valence-corrected chi connectivity index (χ2v) is 7.04. The van der Waals surface area contributed by atoms with E-state index in [1.54, 1.807) is 0 Å². The second kappa shape index (κ2) is 6.62. The van der Waals surface area contributed by atoms with E-state index in [2.05, 4.69) is 45.6 Å². The molecular weight excluding hydrogens is 284 g/mol. The molecule has 1 unspecified atom stereocenters. The Morgan fingerprint density at radius 1 is 1.09 bits per heavy atom. The zero-order valence-electron chi connectivity index (χ0n) is 14.2. The summed E-state index contributed by atoms with van der Waals surface area (Å²) in [5.74, 6) is 1.23. The number of hydrogen-bond donors (Lipinski definition) is 0. The van der Waals surface area contributed by atoms with Gasteiger partial charge >= 0.3 is 0 Å². The highest BCUT2D eigenvalue weighted by atomic mass is 15.3. The molecule has 0 N–H and O–H groups in total. The first-order chi connectivity index (χ1) is 11.3. The van der Waals surface area contributed by atoms with Crippen molar-refractivity contribution in [1.29, 1.82) is 0 Å². The van der Waals surface area contributed by atoms with E-state index in [4.69, 9.17) is 4.98 Å². The lowest BCUT2D eigenvalue weighted by Crippen LogP contribution is -2.46. The molecule has 2 aliphatic heterocycles. The zero-order valence-corrected chi connectivity index (χ0v) is 14.2. The first kappa shape index (κ1) is 15.2. The summed E-state index contributed by atoms with van der Waals surface area (Å²) in [4.78, 5) is 10.2. The lowest BCUT2D eigenvalue weighted by molar-refractivity contribution is 0.108. The smallest absolute Gasteiger partial charge is 0.124 e. The summed E-state index contributed by atoms with van der Waals surface area (Å²) in [5, 5.41) is 0. The van der Waals surface area contributed by atoms with Crippen molar-refractivity contribution in [2.24, 2.45) is 0 Å². The number of imidazole rings is 1. The lowest BCUT2D eigenvalue weighted by atomic mass is 10.0. The molecule has 0 radical (unpaired) electrons. The van der Waals surface area contributed by atoms with Gasteiger partial charge in [-0.3, -0.25) is 9.80 Å². The van der Waals surface area contributed by atoms with Gasteiger partial charge in [0, 0.05) is 19.1 Å². The van der Waals surface area contributed by atoms with Gasteiger partial charge in [0.05, 0.1) is 17.6 Å². The van der Waals surface area contributed by atoms with Crippen molar-refractivity contribution in [1.82, 2.24) is 19.4 Å². The molecule has 0 spiro atoms. The first-order valence-corrected chi connectivity index (χ1v) is 9.25. The van der Waals surface area contributed by atoms with Crippen LogP contribution in [-0.4, -0.2) is 51.6 Å². The molecule has 2 fully saturated rings. The van der Waals surface area contributed by atoms with Gasteiger partial charge in [0.15, 0.2) is 0 Å². The molecule has 0 bridgehead atoms. The summed E-state index contributed by atoms with van der Waals surface area (Å²) < 4.78 is 2.38. The van der Waals surface area contributed by atoms with Crippen molar-refractivity contribution >= 4 is 11.0 Å². The van der Waals surface area contributed by atoms with Crippen molar-refractivity contribution < 1.29 is 0 Å². The zero-order chi connectivity index (χ0) is 15.6. The highest BCUT2D eigenvalue weighted by Gasteiger charge is 2.27. The average molecular weight is 312 g/mol. The van der Waals surface area contributed by atoms with Gasteiger partial charge in [-0.1, -0.05) is 12.1 Å². The maximum absolute atomic E-state index is 4.91. The maximum Gasteiger partial charge on any atom is 0.124 e. The Kier molecular flexibility index (Phi) is 4.36. The van der Waals surface area contributed by atoms with Crippen LogP contribution in [0.2, 0.25) is 0 Å². The fourth-order valence-electron chi connectivity index (χ4n) is 4.38. The number of benzene rings is 1. The SMILES string of the molecule is CCn1c(CN2CCCC(N3CCCC3)C2)nc2ccccc21. The largest absolute Gasteiger partial charge is 0.327 e. The van der Waals surface area contributed by atoms with Crippen molar-refractivity contribution in [3.05, 3.63) is 30.1 Å². The van der Waals surface area contributed by atoms with Crippen LogP contribution in [0.1, 0.15) is 38.4 Å². The Labute approximate surface area is 139 Å². The number of nitrogens with zero attached hydrogens (tertiary/aromatic N) is 4. The molecule has 0 saturated carbocycles. The summed E-state index contributed by atoms with van der Waals surface area (Å²) in [6.07, 6.45) is 5.48. The van der Waals surface area contributed by atoms with Gasteiger partial charge in [-0.05, 0) is 64.4 Å². The number of hydrogen-bond acceptors (Lipinski definition) is 3. The highest BCUT2D eigenvalue weighted by Crippen LogP contribution is 2.23. The fourth-order valence-corrected chi connectivity index (χ4v) is 4.38. The molecule has 4 heteroatoms. The number of piperidine rings is 1. The van der Waals surface area contributed by atoms with E-state index in [-0.39, 0.29) is 0 Å². The van der Waals surface area contributed by atoms with Crippen LogP contribution in [0.25, 0.3) is 11.0 Å². The van der Waals surface area contributed by atoms with Gasteiger partial charge in [-0.15, -0.1) is 0 Å². The molecule has 0 aliphatic carbocycles. The first-order valence-electron chi connectivity index (χ1n) is 9.25. The summed E-state index contributed by atoms with van der Waals surface area (Å²) >= 11 is 0. The summed E-state index contributed by atoms with van der Waals surface area (Å²) in [5.41, 5.74) is 2.41. The van der Waals surface area contributed by atoms with Gasteiger partial charge in [0.25, 0.3) is 0 Å².